The summed E-state index contributed by atoms with van der Waals surface area (Å²) in [7, 11) is 1.61. The van der Waals surface area contributed by atoms with Crippen molar-refractivity contribution in [1.29, 1.82) is 0 Å². The fourth-order valence-corrected chi connectivity index (χ4v) is 3.19. The van der Waals surface area contributed by atoms with Crippen molar-refractivity contribution in [2.75, 3.05) is 19.0 Å². The Kier molecular flexibility index (Phi) is 7.10. The van der Waals surface area contributed by atoms with Gasteiger partial charge in [0.1, 0.15) is 0 Å². The Morgan fingerprint density at radius 1 is 1.52 bits per heavy atom. The first kappa shape index (κ1) is 19.6. The highest BCUT2D eigenvalue weighted by Crippen LogP contribution is 2.24. The number of aromatic amines is 1. The number of aryl methyl sites for hydroxylation is 1. The molecule has 0 saturated heterocycles. The van der Waals surface area contributed by atoms with Gasteiger partial charge in [-0.1, -0.05) is 29.4 Å². The second-order valence-corrected chi connectivity index (χ2v) is 7.26. The minimum absolute atomic E-state index is 0.186. The minimum atomic E-state index is -0.435. The smallest absolute Gasteiger partial charge is 0.343 e. The lowest BCUT2D eigenvalue weighted by molar-refractivity contribution is -0.115. The molecule has 136 valence electrons. The topological polar surface area (TPSA) is 89.0 Å². The van der Waals surface area contributed by atoms with E-state index in [9.17, 15) is 9.59 Å². The Balaban J connectivity index is 2.04. The normalized spacial score (nSPS) is 12.2. The van der Waals surface area contributed by atoms with Crippen LogP contribution in [0.2, 0.25) is 5.02 Å². The molecule has 1 aromatic heterocycles. The van der Waals surface area contributed by atoms with E-state index in [2.05, 4.69) is 15.5 Å². The summed E-state index contributed by atoms with van der Waals surface area (Å²) in [4.78, 5) is 24.3. The molecule has 2 N–H and O–H groups in total. The number of amides is 1. The second kappa shape index (κ2) is 9.07. The summed E-state index contributed by atoms with van der Waals surface area (Å²) in [6.45, 7) is 4.68. The maximum absolute atomic E-state index is 12.4. The predicted octanol–water partition coefficient (Wildman–Crippen LogP) is 2.69. The van der Waals surface area contributed by atoms with Crippen LogP contribution in [0.5, 0.6) is 0 Å². The van der Waals surface area contributed by atoms with Gasteiger partial charge in [-0.15, -0.1) is 5.10 Å². The van der Waals surface area contributed by atoms with Crippen molar-refractivity contribution >= 4 is 35.0 Å². The molecule has 0 aliphatic rings. The molecule has 2 aromatic rings. The van der Waals surface area contributed by atoms with Crippen LogP contribution in [0.1, 0.15) is 18.9 Å². The highest BCUT2D eigenvalue weighted by atomic mass is 35.5. The van der Waals surface area contributed by atoms with E-state index in [0.29, 0.717) is 35.4 Å². The van der Waals surface area contributed by atoms with Crippen molar-refractivity contribution in [1.82, 2.24) is 14.8 Å². The first-order chi connectivity index (χ1) is 11.9. The molecule has 0 fully saturated rings. The number of carbonyl (C=O) groups is 1. The number of thioether (sulfide) groups is 1. The molecule has 2 rings (SSSR count). The van der Waals surface area contributed by atoms with Crippen molar-refractivity contribution in [3.8, 4) is 0 Å². The highest BCUT2D eigenvalue weighted by Gasteiger charge is 2.19. The number of rotatable bonds is 8. The lowest BCUT2D eigenvalue weighted by atomic mass is 10.2. The molecule has 1 aromatic carbocycles. The van der Waals surface area contributed by atoms with Gasteiger partial charge >= 0.3 is 5.69 Å². The zero-order valence-corrected chi connectivity index (χ0v) is 15.9. The Morgan fingerprint density at radius 3 is 3.00 bits per heavy atom. The minimum Gasteiger partial charge on any atom is -0.385 e. The molecule has 0 aliphatic heterocycles. The Labute approximate surface area is 155 Å². The summed E-state index contributed by atoms with van der Waals surface area (Å²) in [6.07, 6.45) is 0.686. The number of ether oxygens (including phenoxy) is 1. The molecule has 1 heterocycles. The average molecular weight is 385 g/mol. The van der Waals surface area contributed by atoms with Crippen LogP contribution < -0.4 is 11.0 Å². The maximum Gasteiger partial charge on any atom is 0.343 e. The number of aromatic nitrogens is 3. The second-order valence-electron chi connectivity index (χ2n) is 5.52. The van der Waals surface area contributed by atoms with Crippen molar-refractivity contribution in [2.24, 2.45) is 0 Å². The summed E-state index contributed by atoms with van der Waals surface area (Å²) < 4.78 is 6.51. The largest absolute Gasteiger partial charge is 0.385 e. The molecule has 1 atom stereocenters. The van der Waals surface area contributed by atoms with Crippen LogP contribution in [0.15, 0.2) is 28.2 Å². The van der Waals surface area contributed by atoms with Gasteiger partial charge in [0.05, 0.1) is 5.25 Å². The Morgan fingerprint density at radius 2 is 2.28 bits per heavy atom. The van der Waals surface area contributed by atoms with Gasteiger partial charge in [0, 0.05) is 31.0 Å². The van der Waals surface area contributed by atoms with E-state index in [0.717, 1.165) is 5.56 Å². The number of H-pyrrole nitrogens is 1. The van der Waals surface area contributed by atoms with Gasteiger partial charge in [-0.2, -0.15) is 0 Å². The monoisotopic (exact) mass is 384 g/mol. The molecule has 9 heteroatoms. The number of benzene rings is 1. The molecule has 0 unspecified atom stereocenters. The fourth-order valence-electron chi connectivity index (χ4n) is 2.13. The zero-order chi connectivity index (χ0) is 18.4. The summed E-state index contributed by atoms with van der Waals surface area (Å²) in [6, 6.07) is 5.32. The third-order valence-electron chi connectivity index (χ3n) is 3.56. The van der Waals surface area contributed by atoms with Crippen LogP contribution in [0, 0.1) is 6.92 Å². The molecule has 0 radical (unpaired) electrons. The number of hydrogen-bond acceptors (Lipinski definition) is 5. The van der Waals surface area contributed by atoms with Crippen molar-refractivity contribution in [2.45, 2.75) is 37.2 Å². The molecular formula is C16H21ClN4O3S. The van der Waals surface area contributed by atoms with Gasteiger partial charge in [0.15, 0.2) is 5.16 Å². The maximum atomic E-state index is 12.4. The standard InChI is InChI=1S/C16H21ClN4O3S/c1-10-5-6-12(17)9-13(10)18-14(22)11(2)25-16-20-19-15(23)21(16)7-4-8-24-3/h5-6,9,11H,4,7-8H2,1-3H3,(H,18,22)(H,19,23)/t11-/m0/s1. The van der Waals surface area contributed by atoms with Gasteiger partial charge in [-0.05, 0) is 38.0 Å². The van der Waals surface area contributed by atoms with Gasteiger partial charge in [0.25, 0.3) is 0 Å². The molecule has 0 aliphatic carbocycles. The van der Waals surface area contributed by atoms with E-state index in [4.69, 9.17) is 16.3 Å². The van der Waals surface area contributed by atoms with Crippen molar-refractivity contribution in [3.05, 3.63) is 39.3 Å². The summed E-state index contributed by atoms with van der Waals surface area (Å²) >= 11 is 7.20. The fraction of sp³-hybridized carbons (Fsp3) is 0.438. The van der Waals surface area contributed by atoms with Gasteiger partial charge < -0.3 is 10.1 Å². The summed E-state index contributed by atoms with van der Waals surface area (Å²) in [5.41, 5.74) is 1.30. The van der Waals surface area contributed by atoms with Gasteiger partial charge in [-0.3, -0.25) is 9.36 Å². The number of anilines is 1. The third-order valence-corrected chi connectivity index (χ3v) is 4.89. The van der Waals surface area contributed by atoms with Crippen LogP contribution in [0.3, 0.4) is 0 Å². The first-order valence-electron chi connectivity index (χ1n) is 7.80. The Bertz CT molecular complexity index is 790. The number of methoxy groups -OCH3 is 1. The van der Waals surface area contributed by atoms with Crippen LogP contribution in [-0.2, 0) is 16.1 Å². The number of halogens is 1. The highest BCUT2D eigenvalue weighted by molar-refractivity contribution is 8.00. The molecule has 0 saturated carbocycles. The molecule has 0 bridgehead atoms. The van der Waals surface area contributed by atoms with Crippen molar-refractivity contribution < 1.29 is 9.53 Å². The Hall–Kier alpha value is -1.77. The SMILES string of the molecule is COCCCn1c(S[C@@H](C)C(=O)Nc2cc(Cl)ccc2C)n[nH]c1=O. The summed E-state index contributed by atoms with van der Waals surface area (Å²) in [5.74, 6) is -0.186. The lowest BCUT2D eigenvalue weighted by Gasteiger charge is -2.13. The van der Waals surface area contributed by atoms with E-state index < -0.39 is 5.25 Å². The van der Waals surface area contributed by atoms with E-state index in [1.165, 1.54) is 16.3 Å². The van der Waals surface area contributed by atoms with Crippen LogP contribution in [0.25, 0.3) is 0 Å². The summed E-state index contributed by atoms with van der Waals surface area (Å²) in [5, 5.41) is 9.88. The first-order valence-corrected chi connectivity index (χ1v) is 9.06. The lowest BCUT2D eigenvalue weighted by Crippen LogP contribution is -2.24. The number of carbonyl (C=O) groups excluding carboxylic acids is 1. The predicted molar refractivity (Wildman–Crippen MR) is 99.5 cm³/mol. The number of hydrogen-bond donors (Lipinski definition) is 2. The van der Waals surface area contributed by atoms with Crippen LogP contribution in [-0.4, -0.2) is 39.6 Å². The number of nitrogens with one attached hydrogen (secondary N) is 2. The van der Waals surface area contributed by atoms with Crippen molar-refractivity contribution in [3.63, 3.8) is 0 Å². The van der Waals surface area contributed by atoms with E-state index >= 15 is 0 Å². The van der Waals surface area contributed by atoms with E-state index in [1.807, 2.05) is 13.0 Å². The van der Waals surface area contributed by atoms with E-state index in [1.54, 1.807) is 26.2 Å². The van der Waals surface area contributed by atoms with Crippen LogP contribution in [0.4, 0.5) is 5.69 Å². The molecule has 25 heavy (non-hydrogen) atoms. The van der Waals surface area contributed by atoms with Crippen LogP contribution >= 0.6 is 23.4 Å². The molecule has 7 nitrogen and oxygen atoms in total. The molecule has 0 spiro atoms. The van der Waals surface area contributed by atoms with E-state index in [-0.39, 0.29) is 11.6 Å². The molecular weight excluding hydrogens is 364 g/mol. The quantitative estimate of drug-likeness (QED) is 0.539. The van der Waals surface area contributed by atoms with Gasteiger partial charge in [0.2, 0.25) is 5.91 Å². The van der Waals surface area contributed by atoms with Gasteiger partial charge in [-0.25, -0.2) is 9.89 Å². The molecule has 1 amide bonds. The third kappa shape index (κ3) is 5.35. The zero-order valence-electron chi connectivity index (χ0n) is 14.3. The number of nitrogens with zero attached hydrogens (tertiary/aromatic N) is 2. The average Bonchev–Trinajstić information content (AvgIpc) is 2.91.